The van der Waals surface area contributed by atoms with Crippen molar-refractivity contribution in [3.63, 3.8) is 0 Å². The van der Waals surface area contributed by atoms with E-state index in [-0.39, 0.29) is 45.6 Å². The molecule has 11 heteroatoms. The average molecular weight is 556 g/mol. The third kappa shape index (κ3) is 6.97. The lowest BCUT2D eigenvalue weighted by Gasteiger charge is -2.30. The molecular formula is C28H24F3N3O4S. The Balaban J connectivity index is 1.99. The van der Waals surface area contributed by atoms with Crippen molar-refractivity contribution in [3.05, 3.63) is 99.7 Å². The van der Waals surface area contributed by atoms with Gasteiger partial charge >= 0.3 is 12.1 Å². The van der Waals surface area contributed by atoms with Crippen LogP contribution in [0, 0.1) is 11.3 Å². The smallest absolute Gasteiger partial charge is 0.416 e. The summed E-state index contributed by atoms with van der Waals surface area (Å²) < 4.78 is 47.0. The highest BCUT2D eigenvalue weighted by Gasteiger charge is 2.41. The third-order valence-electron chi connectivity index (χ3n) is 5.68. The third-order valence-corrected chi connectivity index (χ3v) is 6.69. The van der Waals surface area contributed by atoms with Crippen LogP contribution in [0.15, 0.2) is 83.1 Å². The van der Waals surface area contributed by atoms with E-state index in [2.05, 4.69) is 17.2 Å². The number of allylic oxidation sites excluding steroid dienone is 2. The number of nitriles is 1. The highest BCUT2D eigenvalue weighted by molar-refractivity contribution is 8.03. The predicted molar refractivity (Wildman–Crippen MR) is 141 cm³/mol. The lowest BCUT2D eigenvalue weighted by atomic mass is 9.80. The van der Waals surface area contributed by atoms with Crippen LogP contribution in [-0.4, -0.2) is 30.0 Å². The number of halogens is 3. The van der Waals surface area contributed by atoms with Crippen molar-refractivity contribution in [3.8, 4) is 6.07 Å². The number of Topliss-reactive ketones (excluding diaryl/α,β-unsaturated/α-hetero) is 1. The SMILES string of the molecule is C=CCOC(=O)C1=C(C)NC(SCC(=O)Nc2cccc(C(C)=O)c2)=C(C#N)C1c1ccccc1C(F)(F)F. The second kappa shape index (κ2) is 12.5. The number of nitrogens with one attached hydrogen (secondary N) is 2. The molecule has 2 aromatic carbocycles. The maximum atomic E-state index is 14.0. The maximum absolute atomic E-state index is 14.0. The van der Waals surface area contributed by atoms with E-state index in [0.29, 0.717) is 11.3 Å². The molecule has 1 aliphatic heterocycles. The predicted octanol–water partition coefficient (Wildman–Crippen LogP) is 5.71. The fourth-order valence-electron chi connectivity index (χ4n) is 3.98. The molecule has 3 rings (SSSR count). The molecule has 0 saturated heterocycles. The molecule has 0 bridgehead atoms. The van der Waals surface area contributed by atoms with Crippen LogP contribution in [0.2, 0.25) is 0 Å². The summed E-state index contributed by atoms with van der Waals surface area (Å²) in [5, 5.41) is 15.7. The second-order valence-electron chi connectivity index (χ2n) is 8.40. The first-order chi connectivity index (χ1) is 18.5. The van der Waals surface area contributed by atoms with E-state index in [4.69, 9.17) is 4.74 Å². The van der Waals surface area contributed by atoms with Crippen LogP contribution in [0.4, 0.5) is 18.9 Å². The summed E-state index contributed by atoms with van der Waals surface area (Å²) in [4.78, 5) is 37.2. The quantitative estimate of drug-likeness (QED) is 0.232. The Morgan fingerprint density at radius 1 is 1.21 bits per heavy atom. The normalized spacial score (nSPS) is 15.2. The van der Waals surface area contributed by atoms with E-state index in [1.807, 2.05) is 6.07 Å². The van der Waals surface area contributed by atoms with Crippen LogP contribution >= 0.6 is 11.8 Å². The molecule has 0 spiro atoms. The number of ketones is 1. The number of benzene rings is 2. The molecule has 1 aliphatic rings. The molecule has 202 valence electrons. The van der Waals surface area contributed by atoms with E-state index < -0.39 is 29.5 Å². The minimum absolute atomic E-state index is 0.130. The van der Waals surface area contributed by atoms with Gasteiger partial charge in [-0.3, -0.25) is 9.59 Å². The molecular weight excluding hydrogens is 531 g/mol. The van der Waals surface area contributed by atoms with Crippen LogP contribution in [0.5, 0.6) is 0 Å². The molecule has 1 amide bonds. The number of anilines is 1. The zero-order valence-corrected chi connectivity index (χ0v) is 21.8. The zero-order chi connectivity index (χ0) is 28.7. The van der Waals surface area contributed by atoms with Crippen molar-refractivity contribution in [2.24, 2.45) is 0 Å². The largest absolute Gasteiger partial charge is 0.458 e. The summed E-state index contributed by atoms with van der Waals surface area (Å²) in [5.74, 6) is -3.16. The first kappa shape index (κ1) is 29.3. The molecule has 39 heavy (non-hydrogen) atoms. The second-order valence-corrected chi connectivity index (χ2v) is 9.38. The van der Waals surface area contributed by atoms with Gasteiger partial charge in [-0.15, -0.1) is 0 Å². The number of thioether (sulfide) groups is 1. The van der Waals surface area contributed by atoms with Crippen molar-refractivity contribution in [2.75, 3.05) is 17.7 Å². The van der Waals surface area contributed by atoms with Gasteiger partial charge in [0, 0.05) is 16.9 Å². The van der Waals surface area contributed by atoms with Gasteiger partial charge in [-0.1, -0.05) is 54.7 Å². The minimum Gasteiger partial charge on any atom is -0.458 e. The van der Waals surface area contributed by atoms with Gasteiger partial charge in [0.2, 0.25) is 5.91 Å². The summed E-state index contributed by atoms with van der Waals surface area (Å²) in [6.07, 6.45) is -3.44. The number of hydrogen-bond acceptors (Lipinski definition) is 7. The number of carbonyl (C=O) groups is 3. The standard InChI is InChI=1S/C28H24F3N3O4S/c1-4-12-38-27(37)24-16(2)33-26(39-15-23(36)34-19-9-7-8-18(13-19)17(3)35)21(14-32)25(24)20-10-5-6-11-22(20)28(29,30)31/h4-11,13,25,33H,1,12,15H2,2-3H3,(H,34,36). The van der Waals surface area contributed by atoms with Gasteiger partial charge < -0.3 is 15.4 Å². The van der Waals surface area contributed by atoms with Crippen molar-refractivity contribution >= 4 is 35.1 Å². The average Bonchev–Trinajstić information content (AvgIpc) is 2.89. The van der Waals surface area contributed by atoms with Crippen molar-refractivity contribution in [1.82, 2.24) is 5.32 Å². The molecule has 0 aromatic heterocycles. The zero-order valence-electron chi connectivity index (χ0n) is 21.0. The number of rotatable bonds is 9. The number of alkyl halides is 3. The number of dihydropyridines is 1. The van der Waals surface area contributed by atoms with E-state index >= 15 is 0 Å². The molecule has 1 atom stereocenters. The van der Waals surface area contributed by atoms with Gasteiger partial charge in [0.1, 0.15) is 6.61 Å². The van der Waals surface area contributed by atoms with E-state index in [0.717, 1.165) is 17.8 Å². The van der Waals surface area contributed by atoms with Crippen molar-refractivity contribution in [1.29, 1.82) is 5.26 Å². The van der Waals surface area contributed by atoms with Gasteiger partial charge in [-0.2, -0.15) is 18.4 Å². The van der Waals surface area contributed by atoms with Crippen LogP contribution in [0.3, 0.4) is 0 Å². The number of amides is 1. The Morgan fingerprint density at radius 3 is 2.56 bits per heavy atom. The molecule has 0 fully saturated rings. The summed E-state index contributed by atoms with van der Waals surface area (Å²) in [6.45, 7) is 6.17. The molecule has 7 nitrogen and oxygen atoms in total. The Kier molecular flexibility index (Phi) is 9.37. The van der Waals surface area contributed by atoms with E-state index in [1.165, 1.54) is 44.2 Å². The van der Waals surface area contributed by atoms with E-state index in [9.17, 15) is 32.8 Å². The Hall–Kier alpha value is -4.30. The molecule has 0 saturated carbocycles. The Morgan fingerprint density at radius 2 is 1.92 bits per heavy atom. The fourth-order valence-corrected chi connectivity index (χ4v) is 4.87. The number of ether oxygens (including phenoxy) is 1. The summed E-state index contributed by atoms with van der Waals surface area (Å²) in [7, 11) is 0. The molecule has 0 radical (unpaired) electrons. The maximum Gasteiger partial charge on any atom is 0.416 e. The lowest BCUT2D eigenvalue weighted by molar-refractivity contribution is -0.140. The van der Waals surface area contributed by atoms with Gasteiger partial charge in [0.25, 0.3) is 0 Å². The van der Waals surface area contributed by atoms with Crippen LogP contribution in [-0.2, 0) is 20.5 Å². The number of nitrogens with zero attached hydrogens (tertiary/aromatic N) is 1. The first-order valence-electron chi connectivity index (χ1n) is 11.6. The van der Waals surface area contributed by atoms with Gasteiger partial charge in [-0.25, -0.2) is 4.79 Å². The monoisotopic (exact) mass is 555 g/mol. The van der Waals surface area contributed by atoms with Crippen LogP contribution < -0.4 is 10.6 Å². The summed E-state index contributed by atoms with van der Waals surface area (Å²) >= 11 is 0.898. The molecule has 2 aromatic rings. The molecule has 0 aliphatic carbocycles. The minimum atomic E-state index is -4.76. The highest BCUT2D eigenvalue weighted by atomic mass is 32.2. The number of hydrogen-bond donors (Lipinski definition) is 2. The van der Waals surface area contributed by atoms with Crippen molar-refractivity contribution < 1.29 is 32.3 Å². The van der Waals surface area contributed by atoms with Crippen LogP contribution in [0.1, 0.15) is 41.3 Å². The number of carbonyl (C=O) groups excluding carboxylic acids is 3. The van der Waals surface area contributed by atoms with Crippen molar-refractivity contribution in [2.45, 2.75) is 25.9 Å². The van der Waals surface area contributed by atoms with Gasteiger partial charge in [-0.05, 0) is 37.6 Å². The lowest BCUT2D eigenvalue weighted by Crippen LogP contribution is -2.30. The van der Waals surface area contributed by atoms with E-state index in [1.54, 1.807) is 18.2 Å². The molecule has 1 unspecified atom stereocenters. The summed E-state index contributed by atoms with van der Waals surface area (Å²) in [6, 6.07) is 13.0. The molecule has 1 heterocycles. The first-order valence-corrected chi connectivity index (χ1v) is 12.6. The number of esters is 1. The fraction of sp³-hybridized carbons (Fsp3) is 0.214. The highest BCUT2D eigenvalue weighted by Crippen LogP contribution is 2.45. The van der Waals surface area contributed by atoms with Crippen LogP contribution in [0.25, 0.3) is 0 Å². The van der Waals surface area contributed by atoms with Gasteiger partial charge in [0.05, 0.1) is 39.5 Å². The van der Waals surface area contributed by atoms with Gasteiger partial charge in [0.15, 0.2) is 5.78 Å². The molecule has 2 N–H and O–H groups in total. The Bertz CT molecular complexity index is 1420. The summed E-state index contributed by atoms with van der Waals surface area (Å²) in [5.41, 5.74) is -0.636. The Labute approximate surface area is 227 Å². The topological polar surface area (TPSA) is 108 Å².